The summed E-state index contributed by atoms with van der Waals surface area (Å²) in [4.78, 5) is 0. The van der Waals surface area contributed by atoms with Gasteiger partial charge in [-0.15, -0.1) is 0 Å². The molecule has 1 unspecified atom stereocenters. The molecular formula is C7H16O6S2. The lowest BCUT2D eigenvalue weighted by Crippen LogP contribution is -2.23. The normalized spacial score (nSPS) is 15.1. The Morgan fingerprint density at radius 3 is 2.07 bits per heavy atom. The first-order valence-corrected chi connectivity index (χ1v) is 7.75. The first kappa shape index (κ1) is 14.8. The summed E-state index contributed by atoms with van der Waals surface area (Å²) in [5.41, 5.74) is 0. The van der Waals surface area contributed by atoms with Crippen LogP contribution >= 0.6 is 0 Å². The van der Waals surface area contributed by atoms with Crippen molar-refractivity contribution in [1.82, 2.24) is 0 Å². The second-order valence-corrected chi connectivity index (χ2v) is 6.59. The van der Waals surface area contributed by atoms with Crippen LogP contribution in [0.4, 0.5) is 0 Å². The van der Waals surface area contributed by atoms with Crippen molar-refractivity contribution in [3.8, 4) is 0 Å². The van der Waals surface area contributed by atoms with Gasteiger partial charge in [-0.05, 0) is 12.8 Å². The van der Waals surface area contributed by atoms with E-state index in [2.05, 4.69) is 4.18 Å². The summed E-state index contributed by atoms with van der Waals surface area (Å²) in [6.45, 7) is 3.60. The van der Waals surface area contributed by atoms with Crippen molar-refractivity contribution in [1.29, 1.82) is 0 Å². The maximum absolute atomic E-state index is 11.1. The van der Waals surface area contributed by atoms with Gasteiger partial charge in [0.2, 0.25) is 5.08 Å². The molecule has 0 fully saturated rings. The fourth-order valence-electron chi connectivity index (χ4n) is 1.06. The third-order valence-corrected chi connectivity index (χ3v) is 4.55. The van der Waals surface area contributed by atoms with E-state index in [0.29, 0.717) is 12.8 Å². The predicted molar refractivity (Wildman–Crippen MR) is 55.4 cm³/mol. The number of hydrogen-bond donors (Lipinski definition) is 1. The molecule has 0 radical (unpaired) electrons. The molecule has 0 aliphatic carbocycles. The minimum absolute atomic E-state index is 0.471. The molecule has 1 N–H and O–H groups in total. The fourth-order valence-corrected chi connectivity index (χ4v) is 3.39. The molecule has 0 aromatic carbocycles. The SMILES string of the molecule is CCCC(CC)OS(=O)(=O)CS(=O)(=O)O. The van der Waals surface area contributed by atoms with E-state index in [-0.39, 0.29) is 0 Å². The Morgan fingerprint density at radius 1 is 1.20 bits per heavy atom. The van der Waals surface area contributed by atoms with E-state index in [4.69, 9.17) is 4.55 Å². The van der Waals surface area contributed by atoms with Crippen molar-refractivity contribution < 1.29 is 25.6 Å². The zero-order chi connectivity index (χ0) is 12.1. The van der Waals surface area contributed by atoms with Crippen molar-refractivity contribution in [2.24, 2.45) is 0 Å². The lowest BCUT2D eigenvalue weighted by atomic mass is 10.2. The quantitative estimate of drug-likeness (QED) is 0.536. The molecule has 92 valence electrons. The van der Waals surface area contributed by atoms with E-state index >= 15 is 0 Å². The maximum Gasteiger partial charge on any atom is 0.284 e. The highest BCUT2D eigenvalue weighted by Gasteiger charge is 2.24. The Labute approximate surface area is 90.5 Å². The van der Waals surface area contributed by atoms with Crippen molar-refractivity contribution in [2.45, 2.75) is 39.2 Å². The highest BCUT2D eigenvalue weighted by molar-refractivity contribution is 8.03. The van der Waals surface area contributed by atoms with Crippen LogP contribution in [0.15, 0.2) is 0 Å². The lowest BCUT2D eigenvalue weighted by molar-refractivity contribution is 0.194. The Kier molecular flexibility index (Phi) is 5.71. The molecule has 0 spiro atoms. The molecule has 0 saturated heterocycles. The predicted octanol–water partition coefficient (Wildman–Crippen LogP) is 0.757. The van der Waals surface area contributed by atoms with Gasteiger partial charge in [-0.25, -0.2) is 0 Å². The smallest absolute Gasteiger partial charge is 0.284 e. The molecule has 1 atom stereocenters. The summed E-state index contributed by atoms with van der Waals surface area (Å²) in [7, 11) is -8.77. The topological polar surface area (TPSA) is 97.7 Å². The third kappa shape index (κ3) is 7.71. The van der Waals surface area contributed by atoms with Crippen molar-refractivity contribution >= 4 is 20.2 Å². The summed E-state index contributed by atoms with van der Waals surface area (Å²) in [6, 6.07) is 0. The van der Waals surface area contributed by atoms with Crippen LogP contribution in [-0.4, -0.2) is 32.6 Å². The molecule has 6 nitrogen and oxygen atoms in total. The molecule has 0 rings (SSSR count). The fraction of sp³-hybridized carbons (Fsp3) is 1.00. The van der Waals surface area contributed by atoms with E-state index in [9.17, 15) is 16.8 Å². The highest BCUT2D eigenvalue weighted by atomic mass is 32.3. The molecule has 15 heavy (non-hydrogen) atoms. The van der Waals surface area contributed by atoms with Gasteiger partial charge in [0, 0.05) is 0 Å². The molecule has 0 bridgehead atoms. The molecular weight excluding hydrogens is 244 g/mol. The summed E-state index contributed by atoms with van der Waals surface area (Å²) in [5, 5.41) is -1.39. The minimum atomic E-state index is -4.56. The van der Waals surface area contributed by atoms with Gasteiger partial charge < -0.3 is 0 Å². The first-order chi connectivity index (χ1) is 6.70. The van der Waals surface area contributed by atoms with Gasteiger partial charge >= 0.3 is 0 Å². The minimum Gasteiger partial charge on any atom is -0.285 e. The molecule has 0 amide bonds. The maximum atomic E-state index is 11.1. The molecule has 0 aliphatic rings. The van der Waals surface area contributed by atoms with Crippen LogP contribution in [-0.2, 0) is 24.4 Å². The zero-order valence-corrected chi connectivity index (χ0v) is 10.3. The molecule has 0 heterocycles. The van der Waals surface area contributed by atoms with Gasteiger partial charge in [0.1, 0.15) is 0 Å². The molecule has 0 aromatic rings. The summed E-state index contributed by atoms with van der Waals surface area (Å²) in [5.74, 6) is 0. The monoisotopic (exact) mass is 260 g/mol. The first-order valence-electron chi connectivity index (χ1n) is 4.56. The van der Waals surface area contributed by atoms with Gasteiger partial charge in [-0.3, -0.25) is 8.74 Å². The van der Waals surface area contributed by atoms with Crippen LogP contribution in [0, 0.1) is 0 Å². The van der Waals surface area contributed by atoms with E-state index in [0.717, 1.165) is 6.42 Å². The molecule has 0 aromatic heterocycles. The Hall–Kier alpha value is -0.180. The number of rotatable bonds is 7. The van der Waals surface area contributed by atoms with Crippen LogP contribution in [0.5, 0.6) is 0 Å². The van der Waals surface area contributed by atoms with E-state index in [1.54, 1.807) is 6.92 Å². The van der Waals surface area contributed by atoms with Crippen molar-refractivity contribution in [3.63, 3.8) is 0 Å². The second kappa shape index (κ2) is 5.78. The van der Waals surface area contributed by atoms with Crippen LogP contribution in [0.3, 0.4) is 0 Å². The highest BCUT2D eigenvalue weighted by Crippen LogP contribution is 2.11. The van der Waals surface area contributed by atoms with Gasteiger partial charge in [-0.2, -0.15) is 16.8 Å². The van der Waals surface area contributed by atoms with Gasteiger partial charge in [0.15, 0.2) is 0 Å². The third-order valence-electron chi connectivity index (χ3n) is 1.64. The van der Waals surface area contributed by atoms with E-state index in [1.165, 1.54) is 0 Å². The zero-order valence-electron chi connectivity index (χ0n) is 8.71. The van der Waals surface area contributed by atoms with Gasteiger partial charge in [-0.1, -0.05) is 20.3 Å². The summed E-state index contributed by atoms with van der Waals surface area (Å²) < 4.78 is 56.0. The van der Waals surface area contributed by atoms with Gasteiger partial charge in [0.05, 0.1) is 6.10 Å². The van der Waals surface area contributed by atoms with E-state index < -0.39 is 31.4 Å². The lowest BCUT2D eigenvalue weighted by Gasteiger charge is -2.13. The second-order valence-electron chi connectivity index (χ2n) is 3.17. The standard InChI is InChI=1S/C7H16O6S2/c1-3-5-7(4-2)13-15(11,12)6-14(8,9)10/h7H,3-6H2,1-2H3,(H,8,9,10). The average molecular weight is 260 g/mol. The summed E-state index contributed by atoms with van der Waals surface area (Å²) >= 11 is 0. The number of hydrogen-bond acceptors (Lipinski definition) is 5. The van der Waals surface area contributed by atoms with Gasteiger partial charge in [0.25, 0.3) is 20.2 Å². The Balaban J connectivity index is 4.49. The van der Waals surface area contributed by atoms with Crippen LogP contribution in [0.2, 0.25) is 0 Å². The van der Waals surface area contributed by atoms with Crippen LogP contribution in [0.1, 0.15) is 33.1 Å². The van der Waals surface area contributed by atoms with Crippen molar-refractivity contribution in [2.75, 3.05) is 5.08 Å². The summed E-state index contributed by atoms with van der Waals surface area (Å²) in [6.07, 6.45) is 1.21. The molecule has 0 aliphatic heterocycles. The van der Waals surface area contributed by atoms with Crippen LogP contribution < -0.4 is 0 Å². The Morgan fingerprint density at radius 2 is 1.73 bits per heavy atom. The van der Waals surface area contributed by atoms with E-state index in [1.807, 2.05) is 6.92 Å². The van der Waals surface area contributed by atoms with Crippen LogP contribution in [0.25, 0.3) is 0 Å². The Bertz CT molecular complexity index is 368. The molecule has 8 heteroatoms. The van der Waals surface area contributed by atoms with Crippen molar-refractivity contribution in [3.05, 3.63) is 0 Å². The average Bonchev–Trinajstić information content (AvgIpc) is 1.98. The molecule has 0 saturated carbocycles. The largest absolute Gasteiger partial charge is 0.285 e.